The van der Waals surface area contributed by atoms with Gasteiger partial charge in [-0.3, -0.25) is 4.68 Å². The first-order valence-electron chi connectivity index (χ1n) is 4.74. The van der Waals surface area contributed by atoms with E-state index in [1.807, 2.05) is 6.92 Å². The lowest BCUT2D eigenvalue weighted by atomic mass is 10.4. The molecular formula is C8H16N4O2S. The molecule has 1 rings (SSSR count). The van der Waals surface area contributed by atoms with Gasteiger partial charge in [-0.05, 0) is 13.8 Å². The van der Waals surface area contributed by atoms with Gasteiger partial charge in [0.1, 0.15) is 4.90 Å². The van der Waals surface area contributed by atoms with E-state index in [4.69, 9.17) is 5.73 Å². The van der Waals surface area contributed by atoms with E-state index in [1.54, 1.807) is 11.6 Å². The molecule has 0 bridgehead atoms. The Labute approximate surface area is 89.5 Å². The van der Waals surface area contributed by atoms with Crippen LogP contribution in [0.15, 0.2) is 17.3 Å². The molecule has 0 spiro atoms. The Balaban J connectivity index is 2.86. The number of aromatic nitrogens is 2. The summed E-state index contributed by atoms with van der Waals surface area (Å²) < 4.78 is 27.4. The van der Waals surface area contributed by atoms with E-state index in [0.717, 1.165) is 0 Å². The van der Waals surface area contributed by atoms with Crippen LogP contribution in [0, 0.1) is 0 Å². The first-order valence-corrected chi connectivity index (χ1v) is 6.22. The van der Waals surface area contributed by atoms with E-state index >= 15 is 0 Å². The number of rotatable bonds is 5. The molecule has 1 heterocycles. The van der Waals surface area contributed by atoms with E-state index < -0.39 is 10.0 Å². The van der Waals surface area contributed by atoms with E-state index in [0.29, 0.717) is 6.54 Å². The summed E-state index contributed by atoms with van der Waals surface area (Å²) in [7, 11) is -3.47. The molecule has 7 heteroatoms. The van der Waals surface area contributed by atoms with E-state index in [1.165, 1.54) is 12.4 Å². The van der Waals surface area contributed by atoms with Crippen molar-refractivity contribution in [3.63, 3.8) is 0 Å². The number of sulfonamides is 1. The summed E-state index contributed by atoms with van der Waals surface area (Å²) in [5.74, 6) is 0. The third kappa shape index (κ3) is 3.01. The summed E-state index contributed by atoms with van der Waals surface area (Å²) in [6, 6.07) is -0.278. The highest BCUT2D eigenvalue weighted by molar-refractivity contribution is 7.89. The second kappa shape index (κ2) is 4.73. The molecule has 0 unspecified atom stereocenters. The molecular weight excluding hydrogens is 216 g/mol. The molecule has 1 atom stereocenters. The van der Waals surface area contributed by atoms with Gasteiger partial charge in [-0.2, -0.15) is 5.10 Å². The second-order valence-electron chi connectivity index (χ2n) is 3.29. The zero-order valence-electron chi connectivity index (χ0n) is 8.84. The fraction of sp³-hybridized carbons (Fsp3) is 0.625. The lowest BCUT2D eigenvalue weighted by Gasteiger charge is -2.09. The number of nitrogens with two attached hydrogens (primary N) is 1. The molecule has 1 aromatic heterocycles. The molecule has 1 aromatic rings. The SMILES string of the molecule is CCn1cc(S(=O)(=O)N[C@@H](C)CN)cn1. The minimum Gasteiger partial charge on any atom is -0.329 e. The molecule has 3 N–H and O–H groups in total. The molecule has 0 aliphatic carbocycles. The molecule has 0 amide bonds. The summed E-state index contributed by atoms with van der Waals surface area (Å²) in [5.41, 5.74) is 5.34. The number of hydrogen-bond donors (Lipinski definition) is 2. The van der Waals surface area contributed by atoms with Crippen LogP contribution in [0.2, 0.25) is 0 Å². The molecule has 0 radical (unpaired) electrons. The van der Waals surface area contributed by atoms with Gasteiger partial charge in [0.05, 0.1) is 6.20 Å². The van der Waals surface area contributed by atoms with Crippen molar-refractivity contribution in [1.29, 1.82) is 0 Å². The van der Waals surface area contributed by atoms with Gasteiger partial charge in [0.25, 0.3) is 0 Å². The van der Waals surface area contributed by atoms with Gasteiger partial charge in [0.2, 0.25) is 10.0 Å². The number of hydrogen-bond acceptors (Lipinski definition) is 4. The highest BCUT2D eigenvalue weighted by Gasteiger charge is 2.18. The maximum absolute atomic E-state index is 11.7. The van der Waals surface area contributed by atoms with Gasteiger partial charge in [-0.25, -0.2) is 13.1 Å². The Hall–Kier alpha value is -0.920. The zero-order valence-corrected chi connectivity index (χ0v) is 9.66. The van der Waals surface area contributed by atoms with Crippen LogP contribution in [-0.4, -0.2) is 30.8 Å². The van der Waals surface area contributed by atoms with Crippen LogP contribution in [0.5, 0.6) is 0 Å². The maximum Gasteiger partial charge on any atom is 0.243 e. The van der Waals surface area contributed by atoms with Crippen molar-refractivity contribution in [2.75, 3.05) is 6.54 Å². The fourth-order valence-electron chi connectivity index (χ4n) is 1.04. The van der Waals surface area contributed by atoms with Crippen LogP contribution in [0.3, 0.4) is 0 Å². The summed E-state index contributed by atoms with van der Waals surface area (Å²) in [6.07, 6.45) is 2.82. The van der Waals surface area contributed by atoms with Crippen molar-refractivity contribution in [2.45, 2.75) is 31.3 Å². The summed E-state index contributed by atoms with van der Waals surface area (Å²) in [5, 5.41) is 3.90. The Morgan fingerprint density at radius 2 is 2.33 bits per heavy atom. The van der Waals surface area contributed by atoms with Gasteiger partial charge in [0.15, 0.2) is 0 Å². The predicted molar refractivity (Wildman–Crippen MR) is 56.7 cm³/mol. The normalized spacial score (nSPS) is 14.1. The highest BCUT2D eigenvalue weighted by atomic mass is 32.2. The van der Waals surface area contributed by atoms with Crippen molar-refractivity contribution < 1.29 is 8.42 Å². The molecule has 6 nitrogen and oxygen atoms in total. The van der Waals surface area contributed by atoms with Gasteiger partial charge >= 0.3 is 0 Å². The van der Waals surface area contributed by atoms with Crippen LogP contribution >= 0.6 is 0 Å². The third-order valence-corrected chi connectivity index (χ3v) is 3.50. The van der Waals surface area contributed by atoms with Gasteiger partial charge in [-0.15, -0.1) is 0 Å². The smallest absolute Gasteiger partial charge is 0.243 e. The highest BCUT2D eigenvalue weighted by Crippen LogP contribution is 2.07. The Kier molecular flexibility index (Phi) is 3.83. The molecule has 0 aliphatic rings. The van der Waals surface area contributed by atoms with Crippen molar-refractivity contribution in [2.24, 2.45) is 5.73 Å². The average Bonchev–Trinajstić information content (AvgIpc) is 2.65. The molecule has 0 aliphatic heterocycles. The van der Waals surface area contributed by atoms with E-state index in [2.05, 4.69) is 9.82 Å². The quantitative estimate of drug-likeness (QED) is 0.718. The van der Waals surface area contributed by atoms with Crippen LogP contribution in [0.4, 0.5) is 0 Å². The van der Waals surface area contributed by atoms with E-state index in [9.17, 15) is 8.42 Å². The minimum atomic E-state index is -3.47. The summed E-state index contributed by atoms with van der Waals surface area (Å²) >= 11 is 0. The zero-order chi connectivity index (χ0) is 11.5. The van der Waals surface area contributed by atoms with Crippen LogP contribution in [0.1, 0.15) is 13.8 Å². The number of aryl methyl sites for hydroxylation is 1. The monoisotopic (exact) mass is 232 g/mol. The van der Waals surface area contributed by atoms with Gasteiger partial charge < -0.3 is 5.73 Å². The lowest BCUT2D eigenvalue weighted by molar-refractivity contribution is 0.562. The standard InChI is InChI=1S/C8H16N4O2S/c1-3-12-6-8(5-10-12)15(13,14)11-7(2)4-9/h5-7,11H,3-4,9H2,1-2H3/t7-/m0/s1. The van der Waals surface area contributed by atoms with Crippen molar-refractivity contribution >= 4 is 10.0 Å². The van der Waals surface area contributed by atoms with Crippen LogP contribution in [-0.2, 0) is 16.6 Å². The minimum absolute atomic E-state index is 0.171. The first kappa shape index (κ1) is 12.2. The molecule has 0 aromatic carbocycles. The Morgan fingerprint density at radius 3 is 2.80 bits per heavy atom. The fourth-order valence-corrected chi connectivity index (χ4v) is 2.25. The van der Waals surface area contributed by atoms with Crippen LogP contribution < -0.4 is 10.5 Å². The lowest BCUT2D eigenvalue weighted by Crippen LogP contribution is -2.37. The molecule has 86 valence electrons. The molecule has 0 fully saturated rings. The summed E-state index contributed by atoms with van der Waals surface area (Å²) in [6.45, 7) is 4.50. The van der Waals surface area contributed by atoms with Crippen molar-refractivity contribution in [1.82, 2.24) is 14.5 Å². The Morgan fingerprint density at radius 1 is 1.67 bits per heavy atom. The average molecular weight is 232 g/mol. The molecule has 0 saturated heterocycles. The van der Waals surface area contributed by atoms with Crippen LogP contribution in [0.25, 0.3) is 0 Å². The number of nitrogens with zero attached hydrogens (tertiary/aromatic N) is 2. The second-order valence-corrected chi connectivity index (χ2v) is 5.00. The maximum atomic E-state index is 11.7. The van der Waals surface area contributed by atoms with Gasteiger partial charge in [0, 0.05) is 25.3 Å². The number of nitrogens with one attached hydrogen (secondary N) is 1. The summed E-state index contributed by atoms with van der Waals surface area (Å²) in [4.78, 5) is 0.171. The Bertz CT molecular complexity index is 412. The van der Waals surface area contributed by atoms with Crippen molar-refractivity contribution in [3.8, 4) is 0 Å². The largest absolute Gasteiger partial charge is 0.329 e. The van der Waals surface area contributed by atoms with E-state index in [-0.39, 0.29) is 17.5 Å². The first-order chi connectivity index (χ1) is 6.99. The van der Waals surface area contributed by atoms with Crippen molar-refractivity contribution in [3.05, 3.63) is 12.4 Å². The van der Waals surface area contributed by atoms with Gasteiger partial charge in [-0.1, -0.05) is 0 Å². The topological polar surface area (TPSA) is 90.0 Å². The third-order valence-electron chi connectivity index (χ3n) is 1.95. The predicted octanol–water partition coefficient (Wildman–Crippen LogP) is -0.471. The molecule has 0 saturated carbocycles. The molecule has 15 heavy (non-hydrogen) atoms.